The van der Waals surface area contributed by atoms with Crippen LogP contribution in [0.15, 0.2) is 53.4 Å². The first kappa shape index (κ1) is 26.4. The van der Waals surface area contributed by atoms with Crippen molar-refractivity contribution >= 4 is 39.1 Å². The maximum atomic E-state index is 12.6. The van der Waals surface area contributed by atoms with Gasteiger partial charge in [-0.25, -0.2) is 8.42 Å². The van der Waals surface area contributed by atoms with Crippen LogP contribution in [0.5, 0.6) is 0 Å². The van der Waals surface area contributed by atoms with Crippen molar-refractivity contribution in [3.63, 3.8) is 0 Å². The van der Waals surface area contributed by atoms with E-state index in [0.717, 1.165) is 0 Å². The van der Waals surface area contributed by atoms with Gasteiger partial charge in [0.05, 0.1) is 10.8 Å². The second-order valence-electron chi connectivity index (χ2n) is 8.68. The van der Waals surface area contributed by atoms with Crippen LogP contribution < -0.4 is 10.6 Å². The topological polar surface area (TPSA) is 116 Å². The zero-order chi connectivity index (χ0) is 25.8. The largest absolute Gasteiger partial charge is 0.339 e. The molecule has 0 radical (unpaired) electrons. The van der Waals surface area contributed by atoms with E-state index in [-0.39, 0.29) is 35.1 Å². The number of nitrogens with zero attached hydrogens (tertiary/aromatic N) is 2. The van der Waals surface area contributed by atoms with Crippen molar-refractivity contribution in [2.24, 2.45) is 5.92 Å². The van der Waals surface area contributed by atoms with E-state index in [4.69, 9.17) is 0 Å². The van der Waals surface area contributed by atoms with Crippen LogP contribution in [-0.4, -0.2) is 61.0 Å². The lowest BCUT2D eigenvalue weighted by Crippen LogP contribution is -2.33. The number of hydrogen-bond donors (Lipinski definition) is 2. The van der Waals surface area contributed by atoms with E-state index in [1.165, 1.54) is 16.4 Å². The number of hydrogen-bond acceptors (Lipinski definition) is 5. The van der Waals surface area contributed by atoms with Crippen molar-refractivity contribution in [3.05, 3.63) is 54.1 Å². The molecule has 3 amide bonds. The van der Waals surface area contributed by atoms with Gasteiger partial charge in [-0.3, -0.25) is 14.4 Å². The van der Waals surface area contributed by atoms with Crippen LogP contribution in [0.25, 0.3) is 0 Å². The molecular weight excluding hydrogens is 468 g/mol. The number of amides is 3. The lowest BCUT2D eigenvalue weighted by atomic mass is 10.1. The Morgan fingerprint density at radius 2 is 1.51 bits per heavy atom. The molecule has 2 aromatic rings. The summed E-state index contributed by atoms with van der Waals surface area (Å²) in [6, 6.07) is 12.5. The minimum absolute atomic E-state index is 0.0224. The van der Waals surface area contributed by atoms with Gasteiger partial charge >= 0.3 is 0 Å². The molecule has 9 nitrogen and oxygen atoms in total. The average molecular weight is 501 g/mol. The third-order valence-corrected chi connectivity index (χ3v) is 8.09. The molecule has 1 aliphatic rings. The maximum absolute atomic E-state index is 12.6. The molecule has 10 heteroatoms. The Balaban J connectivity index is 1.59. The molecule has 3 rings (SSSR count). The highest BCUT2D eigenvalue weighted by atomic mass is 32.2. The van der Waals surface area contributed by atoms with Crippen molar-refractivity contribution in [1.29, 1.82) is 0 Å². The van der Waals surface area contributed by atoms with E-state index in [1.54, 1.807) is 55.1 Å². The number of rotatable bonds is 9. The van der Waals surface area contributed by atoms with Crippen LogP contribution in [0.3, 0.4) is 0 Å². The first-order chi connectivity index (χ1) is 16.6. The van der Waals surface area contributed by atoms with Gasteiger partial charge in [0, 0.05) is 49.0 Å². The Morgan fingerprint density at radius 3 is 2.03 bits per heavy atom. The standard InChI is InChI=1S/C25H32N4O5S/c1-5-28(6-2)35(33,34)22-13-11-21(12-14-22)26-24(31)18-7-9-20(10-8-18)27-25(32)19-15-23(30)29(16-19)17(3)4/h7-14,17,19H,5-6,15-16H2,1-4H3,(H,26,31)(H,27,32). The molecule has 188 valence electrons. The summed E-state index contributed by atoms with van der Waals surface area (Å²) >= 11 is 0. The van der Waals surface area contributed by atoms with Gasteiger partial charge in [0.2, 0.25) is 21.8 Å². The van der Waals surface area contributed by atoms with Crippen molar-refractivity contribution in [2.75, 3.05) is 30.3 Å². The fourth-order valence-electron chi connectivity index (χ4n) is 3.98. The molecule has 1 fully saturated rings. The molecule has 2 N–H and O–H groups in total. The van der Waals surface area contributed by atoms with E-state index in [2.05, 4.69) is 10.6 Å². The van der Waals surface area contributed by atoms with Gasteiger partial charge in [-0.2, -0.15) is 4.31 Å². The Kier molecular flexibility index (Phi) is 8.29. The Morgan fingerprint density at radius 1 is 0.971 bits per heavy atom. The Hall–Kier alpha value is -3.24. The SMILES string of the molecule is CCN(CC)S(=O)(=O)c1ccc(NC(=O)c2ccc(NC(=O)C3CC(=O)N(C(C)C)C3)cc2)cc1. The molecular formula is C25H32N4O5S. The zero-order valence-electron chi connectivity index (χ0n) is 20.4. The lowest BCUT2D eigenvalue weighted by molar-refractivity contribution is -0.129. The van der Waals surface area contributed by atoms with Crippen molar-refractivity contribution in [1.82, 2.24) is 9.21 Å². The molecule has 1 atom stereocenters. The summed E-state index contributed by atoms with van der Waals surface area (Å²) in [6.45, 7) is 8.56. The fraction of sp³-hybridized carbons (Fsp3) is 0.400. The number of carbonyl (C=O) groups is 3. The second-order valence-corrected chi connectivity index (χ2v) is 10.6. The normalized spacial score (nSPS) is 16.1. The van der Waals surface area contributed by atoms with Gasteiger partial charge in [-0.05, 0) is 62.4 Å². The quantitative estimate of drug-likeness (QED) is 0.549. The minimum atomic E-state index is -3.57. The molecule has 1 saturated heterocycles. The van der Waals surface area contributed by atoms with Gasteiger partial charge in [-0.1, -0.05) is 13.8 Å². The highest BCUT2D eigenvalue weighted by Gasteiger charge is 2.35. The van der Waals surface area contributed by atoms with E-state index in [1.807, 2.05) is 13.8 Å². The van der Waals surface area contributed by atoms with Crippen LogP contribution in [-0.2, 0) is 19.6 Å². The van der Waals surface area contributed by atoms with Crippen LogP contribution in [0.1, 0.15) is 44.5 Å². The summed E-state index contributed by atoms with van der Waals surface area (Å²) in [7, 11) is -3.57. The lowest BCUT2D eigenvalue weighted by Gasteiger charge is -2.20. The number of carbonyl (C=O) groups excluding carboxylic acids is 3. The molecule has 2 aromatic carbocycles. The summed E-state index contributed by atoms with van der Waals surface area (Å²) in [4.78, 5) is 39.1. The van der Waals surface area contributed by atoms with Gasteiger partial charge in [0.25, 0.3) is 5.91 Å². The predicted octanol–water partition coefficient (Wildman–Crippen LogP) is 3.16. The van der Waals surface area contributed by atoms with Crippen LogP contribution >= 0.6 is 0 Å². The van der Waals surface area contributed by atoms with E-state index in [0.29, 0.717) is 36.6 Å². The molecule has 1 heterocycles. The van der Waals surface area contributed by atoms with Gasteiger partial charge in [0.1, 0.15) is 0 Å². The molecule has 1 aliphatic heterocycles. The van der Waals surface area contributed by atoms with Crippen LogP contribution in [0.2, 0.25) is 0 Å². The molecule has 0 saturated carbocycles. The minimum Gasteiger partial charge on any atom is -0.339 e. The average Bonchev–Trinajstić information content (AvgIpc) is 3.22. The molecule has 1 unspecified atom stereocenters. The summed E-state index contributed by atoms with van der Waals surface area (Å²) in [5, 5.41) is 5.55. The Bertz CT molecular complexity index is 1170. The Labute approximate surface area is 206 Å². The summed E-state index contributed by atoms with van der Waals surface area (Å²) in [6.07, 6.45) is 0.194. The molecule has 0 aliphatic carbocycles. The fourth-order valence-corrected chi connectivity index (χ4v) is 5.44. The summed E-state index contributed by atoms with van der Waals surface area (Å²) < 4.78 is 26.6. The van der Waals surface area contributed by atoms with Crippen LogP contribution in [0.4, 0.5) is 11.4 Å². The highest BCUT2D eigenvalue weighted by molar-refractivity contribution is 7.89. The van der Waals surface area contributed by atoms with E-state index < -0.39 is 15.9 Å². The summed E-state index contributed by atoms with van der Waals surface area (Å²) in [5.41, 5.74) is 1.38. The number of likely N-dealkylation sites (tertiary alicyclic amines) is 1. The van der Waals surface area contributed by atoms with E-state index >= 15 is 0 Å². The maximum Gasteiger partial charge on any atom is 0.255 e. The number of benzene rings is 2. The predicted molar refractivity (Wildman–Crippen MR) is 135 cm³/mol. The van der Waals surface area contributed by atoms with E-state index in [9.17, 15) is 22.8 Å². The molecule has 0 spiro atoms. The number of sulfonamides is 1. The van der Waals surface area contributed by atoms with Gasteiger partial charge in [-0.15, -0.1) is 0 Å². The van der Waals surface area contributed by atoms with Crippen molar-refractivity contribution < 1.29 is 22.8 Å². The zero-order valence-corrected chi connectivity index (χ0v) is 21.3. The van der Waals surface area contributed by atoms with Crippen molar-refractivity contribution in [3.8, 4) is 0 Å². The smallest absolute Gasteiger partial charge is 0.255 e. The molecule has 35 heavy (non-hydrogen) atoms. The monoisotopic (exact) mass is 500 g/mol. The van der Waals surface area contributed by atoms with Gasteiger partial charge in [0.15, 0.2) is 0 Å². The second kappa shape index (κ2) is 11.0. The molecule has 0 aromatic heterocycles. The van der Waals surface area contributed by atoms with Gasteiger partial charge < -0.3 is 15.5 Å². The number of anilines is 2. The van der Waals surface area contributed by atoms with Crippen molar-refractivity contribution in [2.45, 2.75) is 45.1 Å². The third-order valence-electron chi connectivity index (χ3n) is 6.02. The third kappa shape index (κ3) is 6.07. The molecule has 0 bridgehead atoms. The van der Waals surface area contributed by atoms with Crippen LogP contribution in [0, 0.1) is 5.92 Å². The first-order valence-electron chi connectivity index (χ1n) is 11.7. The number of nitrogens with one attached hydrogen (secondary N) is 2. The first-order valence-corrected chi connectivity index (χ1v) is 13.1. The summed E-state index contributed by atoms with van der Waals surface area (Å²) in [5.74, 6) is -1.01. The highest BCUT2D eigenvalue weighted by Crippen LogP contribution is 2.23.